The van der Waals surface area contributed by atoms with Gasteiger partial charge in [0.2, 0.25) is 0 Å². The average molecular weight is 310 g/mol. The van der Waals surface area contributed by atoms with Crippen LogP contribution in [0.5, 0.6) is 0 Å². The van der Waals surface area contributed by atoms with Crippen molar-refractivity contribution in [2.75, 3.05) is 5.32 Å². The highest BCUT2D eigenvalue weighted by atomic mass is 35.5. The predicted octanol–water partition coefficient (Wildman–Crippen LogP) is 5.49. The molecule has 1 aliphatic rings. The minimum absolute atomic E-state index is 0.332. The first-order valence-corrected chi connectivity index (χ1v) is 7.35. The van der Waals surface area contributed by atoms with Gasteiger partial charge in [0.1, 0.15) is 5.82 Å². The first-order chi connectivity index (χ1) is 9.63. The Labute approximate surface area is 127 Å². The molecule has 1 N–H and O–H groups in total. The van der Waals surface area contributed by atoms with E-state index in [0.717, 1.165) is 12.8 Å². The second-order valence-electron chi connectivity index (χ2n) is 5.16. The largest absolute Gasteiger partial charge is 0.380 e. The third-order valence-corrected chi connectivity index (χ3v) is 4.36. The van der Waals surface area contributed by atoms with E-state index in [9.17, 15) is 4.39 Å². The fraction of sp³-hybridized carbons (Fsp3) is 0.250. The monoisotopic (exact) mass is 309 g/mol. The highest BCUT2D eigenvalue weighted by Gasteiger charge is 2.30. The molecule has 2 aromatic rings. The lowest BCUT2D eigenvalue weighted by atomic mass is 9.76. The number of hydrogen-bond donors (Lipinski definition) is 1. The van der Waals surface area contributed by atoms with E-state index in [4.69, 9.17) is 23.2 Å². The summed E-state index contributed by atoms with van der Waals surface area (Å²) in [6.07, 6.45) is 2.07. The van der Waals surface area contributed by atoms with E-state index in [2.05, 4.69) is 29.6 Å². The van der Waals surface area contributed by atoms with E-state index >= 15 is 0 Å². The highest BCUT2D eigenvalue weighted by Crippen LogP contribution is 2.41. The summed E-state index contributed by atoms with van der Waals surface area (Å²) in [5.41, 5.74) is 1.99. The summed E-state index contributed by atoms with van der Waals surface area (Å²) in [7, 11) is 0. The molecule has 4 heteroatoms. The van der Waals surface area contributed by atoms with Crippen LogP contribution in [0, 0.1) is 5.82 Å². The summed E-state index contributed by atoms with van der Waals surface area (Å²) in [6.45, 7) is 0. The van der Waals surface area contributed by atoms with Crippen molar-refractivity contribution in [3.63, 3.8) is 0 Å². The lowest BCUT2D eigenvalue weighted by molar-refractivity contribution is 0.374. The lowest BCUT2D eigenvalue weighted by Gasteiger charge is -2.37. The summed E-state index contributed by atoms with van der Waals surface area (Å²) < 4.78 is 13.1. The number of benzene rings is 2. The summed E-state index contributed by atoms with van der Waals surface area (Å²) in [5.74, 6) is 0.160. The van der Waals surface area contributed by atoms with Gasteiger partial charge in [-0.1, -0.05) is 53.5 Å². The van der Waals surface area contributed by atoms with Crippen LogP contribution in [0.15, 0.2) is 42.5 Å². The summed E-state index contributed by atoms with van der Waals surface area (Å²) in [4.78, 5) is 0. The summed E-state index contributed by atoms with van der Waals surface area (Å²) in [5, 5.41) is 3.97. The van der Waals surface area contributed by atoms with Crippen molar-refractivity contribution < 1.29 is 4.39 Å². The Morgan fingerprint density at radius 1 is 1.00 bits per heavy atom. The topological polar surface area (TPSA) is 12.0 Å². The predicted molar refractivity (Wildman–Crippen MR) is 82.2 cm³/mol. The van der Waals surface area contributed by atoms with Crippen molar-refractivity contribution in [1.82, 2.24) is 0 Å². The third-order valence-electron chi connectivity index (χ3n) is 3.76. The van der Waals surface area contributed by atoms with Crippen LogP contribution >= 0.6 is 23.2 Å². The maximum atomic E-state index is 13.1. The summed E-state index contributed by atoms with van der Waals surface area (Å²) >= 11 is 12.1. The Hall–Kier alpha value is -1.25. The molecule has 0 heterocycles. The molecular formula is C16H14Cl2FN. The van der Waals surface area contributed by atoms with Crippen LogP contribution in [-0.2, 0) is 0 Å². The molecule has 3 rings (SSSR count). The molecule has 2 aromatic carbocycles. The average Bonchev–Trinajstić information content (AvgIpc) is 2.36. The van der Waals surface area contributed by atoms with E-state index in [1.807, 2.05) is 6.07 Å². The zero-order valence-electron chi connectivity index (χ0n) is 10.7. The number of nitrogens with one attached hydrogen (secondary N) is 1. The van der Waals surface area contributed by atoms with Gasteiger partial charge in [-0.3, -0.25) is 0 Å². The Kier molecular flexibility index (Phi) is 3.86. The molecule has 20 heavy (non-hydrogen) atoms. The number of hydrogen-bond acceptors (Lipinski definition) is 1. The number of rotatable bonds is 3. The molecular weight excluding hydrogens is 296 g/mol. The van der Waals surface area contributed by atoms with Crippen LogP contribution in [0.3, 0.4) is 0 Å². The zero-order chi connectivity index (χ0) is 14.1. The van der Waals surface area contributed by atoms with Gasteiger partial charge in [0.05, 0.1) is 15.7 Å². The molecule has 0 bridgehead atoms. The van der Waals surface area contributed by atoms with Crippen molar-refractivity contribution in [1.29, 1.82) is 0 Å². The molecule has 0 atom stereocenters. The standard InChI is InChI=1S/C16H14Cl2FN/c17-14-8-12(19)9-15(18)16(14)20-13-6-11(7-13)10-4-2-1-3-5-10/h1-5,8-9,11,13,20H,6-7H2. The Morgan fingerprint density at radius 2 is 1.60 bits per heavy atom. The molecule has 0 unspecified atom stereocenters. The molecule has 1 saturated carbocycles. The second-order valence-corrected chi connectivity index (χ2v) is 5.98. The molecule has 104 valence electrons. The normalized spacial score (nSPS) is 21.4. The quantitative estimate of drug-likeness (QED) is 0.790. The van der Waals surface area contributed by atoms with Gasteiger partial charge >= 0.3 is 0 Å². The minimum atomic E-state index is -0.415. The van der Waals surface area contributed by atoms with E-state index in [1.54, 1.807) is 0 Å². The number of anilines is 1. The smallest absolute Gasteiger partial charge is 0.126 e. The van der Waals surface area contributed by atoms with Crippen LogP contribution in [-0.4, -0.2) is 6.04 Å². The van der Waals surface area contributed by atoms with Gasteiger partial charge in [-0.2, -0.15) is 0 Å². The first-order valence-electron chi connectivity index (χ1n) is 6.59. The van der Waals surface area contributed by atoms with Gasteiger partial charge in [0, 0.05) is 6.04 Å². The van der Waals surface area contributed by atoms with E-state index in [-0.39, 0.29) is 0 Å². The minimum Gasteiger partial charge on any atom is -0.380 e. The molecule has 1 aliphatic carbocycles. The van der Waals surface area contributed by atoms with Gasteiger partial charge in [0.25, 0.3) is 0 Å². The molecule has 0 radical (unpaired) electrons. The van der Waals surface area contributed by atoms with Gasteiger partial charge in [-0.05, 0) is 36.5 Å². The van der Waals surface area contributed by atoms with Crippen LogP contribution in [0.2, 0.25) is 10.0 Å². The third kappa shape index (κ3) is 2.77. The molecule has 0 amide bonds. The van der Waals surface area contributed by atoms with E-state index in [0.29, 0.717) is 27.7 Å². The Morgan fingerprint density at radius 3 is 2.20 bits per heavy atom. The molecule has 0 spiro atoms. The van der Waals surface area contributed by atoms with Crippen molar-refractivity contribution in [2.45, 2.75) is 24.8 Å². The van der Waals surface area contributed by atoms with Gasteiger partial charge in [-0.25, -0.2) is 4.39 Å². The van der Waals surface area contributed by atoms with Crippen LogP contribution in [0.1, 0.15) is 24.3 Å². The van der Waals surface area contributed by atoms with Crippen molar-refractivity contribution in [3.05, 3.63) is 63.9 Å². The van der Waals surface area contributed by atoms with Crippen molar-refractivity contribution >= 4 is 28.9 Å². The molecule has 1 nitrogen and oxygen atoms in total. The van der Waals surface area contributed by atoms with Gasteiger partial charge in [0.15, 0.2) is 0 Å². The fourth-order valence-corrected chi connectivity index (χ4v) is 3.19. The molecule has 0 saturated heterocycles. The maximum absolute atomic E-state index is 13.1. The van der Waals surface area contributed by atoms with Crippen molar-refractivity contribution in [3.8, 4) is 0 Å². The summed E-state index contributed by atoms with van der Waals surface area (Å²) in [6, 6.07) is 13.3. The highest BCUT2D eigenvalue weighted by molar-refractivity contribution is 6.39. The zero-order valence-corrected chi connectivity index (χ0v) is 12.3. The molecule has 0 aromatic heterocycles. The number of halogens is 3. The SMILES string of the molecule is Fc1cc(Cl)c(NC2CC(c3ccccc3)C2)c(Cl)c1. The fourth-order valence-electron chi connectivity index (χ4n) is 2.62. The van der Waals surface area contributed by atoms with Crippen LogP contribution in [0.4, 0.5) is 10.1 Å². The lowest BCUT2D eigenvalue weighted by Crippen LogP contribution is -2.34. The van der Waals surface area contributed by atoms with Crippen molar-refractivity contribution in [2.24, 2.45) is 0 Å². The first kappa shape index (κ1) is 13.7. The molecule has 0 aliphatic heterocycles. The molecule has 1 fully saturated rings. The van der Waals surface area contributed by atoms with E-state index in [1.165, 1.54) is 17.7 Å². The van der Waals surface area contributed by atoms with E-state index < -0.39 is 5.82 Å². The Bertz CT molecular complexity index is 586. The van der Waals surface area contributed by atoms with Crippen LogP contribution < -0.4 is 5.32 Å². The second kappa shape index (κ2) is 5.63. The van der Waals surface area contributed by atoms with Gasteiger partial charge in [-0.15, -0.1) is 0 Å². The van der Waals surface area contributed by atoms with Crippen LogP contribution in [0.25, 0.3) is 0 Å². The van der Waals surface area contributed by atoms with Gasteiger partial charge < -0.3 is 5.32 Å². The Balaban J connectivity index is 1.65. The maximum Gasteiger partial charge on any atom is 0.126 e.